The standard InChI is InChI=1S/C25H14N4/c26-15-17-12-20(18-8-10-28-11-9-18)14-21(13-17)29-24-7-2-1-5-22(24)23-6-3-4-19(16-27)25(23)29/h1-14H. The molecule has 4 nitrogen and oxygen atoms in total. The zero-order valence-corrected chi connectivity index (χ0v) is 15.4. The Labute approximate surface area is 167 Å². The molecule has 134 valence electrons. The average molecular weight is 370 g/mol. The zero-order valence-electron chi connectivity index (χ0n) is 15.4. The van der Waals surface area contributed by atoms with Crippen LogP contribution in [0.5, 0.6) is 0 Å². The van der Waals surface area contributed by atoms with Gasteiger partial charge in [0.15, 0.2) is 0 Å². The van der Waals surface area contributed by atoms with Crippen LogP contribution < -0.4 is 0 Å². The number of para-hydroxylation sites is 2. The quantitative estimate of drug-likeness (QED) is 0.407. The molecular weight excluding hydrogens is 356 g/mol. The molecule has 3 aromatic carbocycles. The van der Waals surface area contributed by atoms with E-state index >= 15 is 0 Å². The van der Waals surface area contributed by atoms with E-state index in [0.717, 1.165) is 38.6 Å². The van der Waals surface area contributed by atoms with E-state index in [0.29, 0.717) is 11.1 Å². The maximum absolute atomic E-state index is 9.74. The summed E-state index contributed by atoms with van der Waals surface area (Å²) in [5.74, 6) is 0. The van der Waals surface area contributed by atoms with Crippen molar-refractivity contribution in [1.82, 2.24) is 9.55 Å². The molecule has 0 atom stereocenters. The van der Waals surface area contributed by atoms with Crippen LogP contribution in [0.3, 0.4) is 0 Å². The Morgan fingerprint density at radius 1 is 0.724 bits per heavy atom. The molecule has 2 heterocycles. The molecular formula is C25H14N4. The smallest absolute Gasteiger partial charge is 0.101 e. The van der Waals surface area contributed by atoms with Crippen molar-refractivity contribution < 1.29 is 0 Å². The summed E-state index contributed by atoms with van der Waals surface area (Å²) in [5, 5.41) is 21.5. The Kier molecular flexibility index (Phi) is 3.83. The topological polar surface area (TPSA) is 65.4 Å². The third-order valence-electron chi connectivity index (χ3n) is 5.13. The van der Waals surface area contributed by atoms with Crippen molar-refractivity contribution in [2.45, 2.75) is 0 Å². The van der Waals surface area contributed by atoms with Crippen molar-refractivity contribution in [3.63, 3.8) is 0 Å². The minimum absolute atomic E-state index is 0.565. The van der Waals surface area contributed by atoms with E-state index in [2.05, 4.69) is 33.8 Å². The van der Waals surface area contributed by atoms with Crippen LogP contribution in [0, 0.1) is 22.7 Å². The molecule has 0 radical (unpaired) electrons. The van der Waals surface area contributed by atoms with E-state index < -0.39 is 0 Å². The number of benzene rings is 3. The van der Waals surface area contributed by atoms with Crippen LogP contribution in [-0.2, 0) is 0 Å². The molecule has 0 amide bonds. The summed E-state index contributed by atoms with van der Waals surface area (Å²) in [6, 6.07) is 28.1. The van der Waals surface area contributed by atoms with Gasteiger partial charge in [-0.2, -0.15) is 10.5 Å². The van der Waals surface area contributed by atoms with Crippen molar-refractivity contribution in [2.24, 2.45) is 0 Å². The monoisotopic (exact) mass is 370 g/mol. The van der Waals surface area contributed by atoms with Gasteiger partial charge in [-0.15, -0.1) is 0 Å². The second-order valence-electron chi connectivity index (χ2n) is 6.78. The summed E-state index contributed by atoms with van der Waals surface area (Å²) in [6.45, 7) is 0. The molecule has 4 heteroatoms. The Balaban J connectivity index is 1.91. The summed E-state index contributed by atoms with van der Waals surface area (Å²) in [5.41, 5.74) is 5.79. The second-order valence-corrected chi connectivity index (χ2v) is 6.78. The summed E-state index contributed by atoms with van der Waals surface area (Å²) < 4.78 is 2.08. The van der Waals surface area contributed by atoms with E-state index in [-0.39, 0.29) is 0 Å². The molecule has 2 aromatic heterocycles. The van der Waals surface area contributed by atoms with E-state index in [9.17, 15) is 10.5 Å². The van der Waals surface area contributed by atoms with E-state index in [1.165, 1.54) is 0 Å². The Hall–Kier alpha value is -4.41. The lowest BCUT2D eigenvalue weighted by Crippen LogP contribution is -1.97. The third-order valence-corrected chi connectivity index (χ3v) is 5.13. The number of nitrogens with zero attached hydrogens (tertiary/aromatic N) is 4. The molecule has 0 aliphatic rings. The van der Waals surface area contributed by atoms with Gasteiger partial charge in [0.1, 0.15) is 6.07 Å². The highest BCUT2D eigenvalue weighted by molar-refractivity contribution is 6.11. The zero-order chi connectivity index (χ0) is 19.8. The van der Waals surface area contributed by atoms with E-state index in [1.54, 1.807) is 12.4 Å². The Morgan fingerprint density at radius 2 is 1.52 bits per heavy atom. The van der Waals surface area contributed by atoms with Gasteiger partial charge >= 0.3 is 0 Å². The van der Waals surface area contributed by atoms with Gasteiger partial charge in [-0.25, -0.2) is 0 Å². The highest BCUT2D eigenvalue weighted by atomic mass is 15.0. The van der Waals surface area contributed by atoms with Crippen molar-refractivity contribution in [3.05, 3.63) is 96.3 Å². The normalized spacial score (nSPS) is 10.7. The van der Waals surface area contributed by atoms with Crippen LogP contribution in [0.25, 0.3) is 38.6 Å². The minimum Gasteiger partial charge on any atom is -0.308 e. The lowest BCUT2D eigenvalue weighted by molar-refractivity contribution is 1.17. The minimum atomic E-state index is 0.565. The molecule has 29 heavy (non-hydrogen) atoms. The number of rotatable bonds is 2. The first-order valence-electron chi connectivity index (χ1n) is 9.18. The molecule has 0 aliphatic heterocycles. The number of pyridine rings is 1. The molecule has 0 spiro atoms. The lowest BCUT2D eigenvalue weighted by atomic mass is 10.0. The van der Waals surface area contributed by atoms with Gasteiger partial charge < -0.3 is 4.57 Å². The van der Waals surface area contributed by atoms with Gasteiger partial charge in [-0.1, -0.05) is 30.3 Å². The van der Waals surface area contributed by atoms with Gasteiger partial charge in [-0.3, -0.25) is 4.98 Å². The van der Waals surface area contributed by atoms with Crippen LogP contribution in [-0.4, -0.2) is 9.55 Å². The maximum Gasteiger partial charge on any atom is 0.101 e. The highest BCUT2D eigenvalue weighted by Crippen LogP contribution is 2.35. The van der Waals surface area contributed by atoms with Gasteiger partial charge in [0, 0.05) is 28.9 Å². The maximum atomic E-state index is 9.74. The summed E-state index contributed by atoms with van der Waals surface area (Å²) >= 11 is 0. The van der Waals surface area contributed by atoms with Crippen LogP contribution in [0.4, 0.5) is 0 Å². The van der Waals surface area contributed by atoms with E-state index in [4.69, 9.17) is 0 Å². The number of hydrogen-bond acceptors (Lipinski definition) is 3. The summed E-state index contributed by atoms with van der Waals surface area (Å²) in [4.78, 5) is 4.08. The molecule has 5 rings (SSSR count). The molecule has 0 saturated heterocycles. The molecule has 0 aliphatic carbocycles. The van der Waals surface area contributed by atoms with Crippen LogP contribution >= 0.6 is 0 Å². The first kappa shape index (κ1) is 16.7. The largest absolute Gasteiger partial charge is 0.308 e. The van der Waals surface area contributed by atoms with Crippen molar-refractivity contribution in [1.29, 1.82) is 10.5 Å². The van der Waals surface area contributed by atoms with Crippen molar-refractivity contribution >= 4 is 21.8 Å². The Morgan fingerprint density at radius 3 is 2.31 bits per heavy atom. The van der Waals surface area contributed by atoms with Crippen LogP contribution in [0.2, 0.25) is 0 Å². The predicted molar refractivity (Wildman–Crippen MR) is 113 cm³/mol. The van der Waals surface area contributed by atoms with Gasteiger partial charge in [0.05, 0.1) is 28.2 Å². The van der Waals surface area contributed by atoms with Gasteiger partial charge in [0.2, 0.25) is 0 Å². The first-order valence-corrected chi connectivity index (χ1v) is 9.18. The lowest BCUT2D eigenvalue weighted by Gasteiger charge is -2.12. The fourth-order valence-electron chi connectivity index (χ4n) is 3.89. The van der Waals surface area contributed by atoms with Crippen molar-refractivity contribution in [2.75, 3.05) is 0 Å². The van der Waals surface area contributed by atoms with E-state index in [1.807, 2.05) is 60.7 Å². The molecule has 0 unspecified atom stereocenters. The SMILES string of the molecule is N#Cc1cc(-c2ccncc2)cc(-n2c3ccccc3c3cccc(C#N)c32)c1. The number of fused-ring (bicyclic) bond motifs is 3. The summed E-state index contributed by atoms with van der Waals surface area (Å²) in [7, 11) is 0. The first-order chi connectivity index (χ1) is 14.3. The molecule has 0 fully saturated rings. The molecule has 0 bridgehead atoms. The summed E-state index contributed by atoms with van der Waals surface area (Å²) in [6.07, 6.45) is 3.48. The fourth-order valence-corrected chi connectivity index (χ4v) is 3.89. The second kappa shape index (κ2) is 6.64. The van der Waals surface area contributed by atoms with Gasteiger partial charge in [0.25, 0.3) is 0 Å². The number of aromatic nitrogens is 2. The highest BCUT2D eigenvalue weighted by Gasteiger charge is 2.16. The fraction of sp³-hybridized carbons (Fsp3) is 0. The molecule has 0 saturated carbocycles. The van der Waals surface area contributed by atoms with Crippen LogP contribution in [0.1, 0.15) is 11.1 Å². The Bertz CT molecular complexity index is 1460. The number of hydrogen-bond donors (Lipinski definition) is 0. The van der Waals surface area contributed by atoms with Gasteiger partial charge in [-0.05, 0) is 53.6 Å². The predicted octanol–water partition coefficient (Wildman–Crippen LogP) is 5.59. The average Bonchev–Trinajstić information content (AvgIpc) is 3.14. The van der Waals surface area contributed by atoms with Crippen LogP contribution in [0.15, 0.2) is 85.2 Å². The molecule has 0 N–H and O–H groups in total. The molecule has 5 aromatic rings. The third kappa shape index (κ3) is 2.64. The van der Waals surface area contributed by atoms with Crippen molar-refractivity contribution in [3.8, 4) is 29.0 Å². The number of nitriles is 2.